The van der Waals surface area contributed by atoms with Crippen LogP contribution < -0.4 is 0 Å². The zero-order valence-electron chi connectivity index (χ0n) is 17.1. The maximum Gasteiger partial charge on any atom is 0.227 e. The van der Waals surface area contributed by atoms with E-state index in [9.17, 15) is 4.79 Å². The molecule has 0 spiro atoms. The van der Waals surface area contributed by atoms with E-state index in [1.807, 2.05) is 41.9 Å². The van der Waals surface area contributed by atoms with Crippen molar-refractivity contribution in [1.82, 2.24) is 29.5 Å². The first-order valence-corrected chi connectivity index (χ1v) is 10.3. The summed E-state index contributed by atoms with van der Waals surface area (Å²) in [5.41, 5.74) is 3.20. The van der Waals surface area contributed by atoms with Crippen molar-refractivity contribution in [3.63, 3.8) is 0 Å². The summed E-state index contributed by atoms with van der Waals surface area (Å²) in [6, 6.07) is 1.97. The van der Waals surface area contributed by atoms with Gasteiger partial charge in [0.2, 0.25) is 5.91 Å². The lowest BCUT2D eigenvalue weighted by molar-refractivity contribution is -0.136. The van der Waals surface area contributed by atoms with Crippen LogP contribution in [0.5, 0.6) is 0 Å². The van der Waals surface area contributed by atoms with E-state index in [0.717, 1.165) is 61.7 Å². The first-order chi connectivity index (χ1) is 13.5. The number of aromatic nitrogens is 4. The van der Waals surface area contributed by atoms with Crippen LogP contribution in [0.4, 0.5) is 0 Å². The zero-order valence-corrected chi connectivity index (χ0v) is 17.1. The van der Waals surface area contributed by atoms with E-state index in [2.05, 4.69) is 22.0 Å². The summed E-state index contributed by atoms with van der Waals surface area (Å²) in [5, 5.41) is 4.40. The predicted octanol–water partition coefficient (Wildman–Crippen LogP) is 2.01. The lowest BCUT2D eigenvalue weighted by Gasteiger charge is -2.31. The molecule has 1 fully saturated rings. The Bertz CT molecular complexity index is 839. The number of aryl methyl sites for hydroxylation is 1. The number of rotatable bonds is 4. The van der Waals surface area contributed by atoms with Gasteiger partial charge in [0.15, 0.2) is 0 Å². The van der Waals surface area contributed by atoms with Gasteiger partial charge in [-0.2, -0.15) is 5.10 Å². The van der Waals surface area contributed by atoms with E-state index in [0.29, 0.717) is 19.0 Å². The van der Waals surface area contributed by atoms with Gasteiger partial charge in [-0.25, -0.2) is 9.97 Å². The number of carbonyl (C=O) groups is 1. The monoisotopic (exact) mass is 382 g/mol. The largest absolute Gasteiger partial charge is 0.338 e. The number of hydrogen-bond donors (Lipinski definition) is 0. The third kappa shape index (κ3) is 4.09. The van der Waals surface area contributed by atoms with Crippen LogP contribution in [-0.4, -0.2) is 62.1 Å². The van der Waals surface area contributed by atoms with Crippen LogP contribution in [0.1, 0.15) is 48.5 Å². The average molecular weight is 383 g/mol. The van der Waals surface area contributed by atoms with Crippen molar-refractivity contribution in [2.24, 2.45) is 5.92 Å². The molecule has 150 valence electrons. The van der Waals surface area contributed by atoms with Crippen LogP contribution in [0.15, 0.2) is 18.5 Å². The predicted molar refractivity (Wildman–Crippen MR) is 107 cm³/mol. The summed E-state index contributed by atoms with van der Waals surface area (Å²) < 4.78 is 1.85. The second kappa shape index (κ2) is 7.99. The molecule has 0 N–H and O–H groups in total. The lowest BCUT2D eigenvalue weighted by Crippen LogP contribution is -2.40. The van der Waals surface area contributed by atoms with Gasteiger partial charge in [-0.15, -0.1) is 0 Å². The number of amides is 1. The number of carbonyl (C=O) groups excluding carboxylic acids is 1. The number of hydrogen-bond acceptors (Lipinski definition) is 5. The Morgan fingerprint density at radius 2 is 2.07 bits per heavy atom. The van der Waals surface area contributed by atoms with Crippen LogP contribution >= 0.6 is 0 Å². The van der Waals surface area contributed by atoms with Crippen LogP contribution in [0.3, 0.4) is 0 Å². The molecule has 2 aromatic rings. The van der Waals surface area contributed by atoms with Gasteiger partial charge in [0.05, 0.1) is 23.9 Å². The highest BCUT2D eigenvalue weighted by molar-refractivity contribution is 5.78. The van der Waals surface area contributed by atoms with Crippen LogP contribution in [-0.2, 0) is 24.3 Å². The van der Waals surface area contributed by atoms with E-state index in [4.69, 9.17) is 4.98 Å². The van der Waals surface area contributed by atoms with Crippen molar-refractivity contribution in [3.8, 4) is 0 Å². The minimum atomic E-state index is -0.0970. The van der Waals surface area contributed by atoms with Gasteiger partial charge in [-0.3, -0.25) is 9.48 Å². The molecule has 0 saturated carbocycles. The quantitative estimate of drug-likeness (QED) is 0.809. The summed E-state index contributed by atoms with van der Waals surface area (Å²) >= 11 is 0. The van der Waals surface area contributed by atoms with Gasteiger partial charge in [-0.05, 0) is 46.0 Å². The number of piperidine rings is 1. The van der Waals surface area contributed by atoms with Crippen molar-refractivity contribution >= 4 is 5.91 Å². The molecule has 2 aliphatic heterocycles. The van der Waals surface area contributed by atoms with E-state index >= 15 is 0 Å². The van der Waals surface area contributed by atoms with Crippen molar-refractivity contribution in [3.05, 3.63) is 41.2 Å². The minimum absolute atomic E-state index is 0.0970. The SMILES string of the molecule is Cc1ccn(CC(C)C(=O)N2CCc3nc(C4CCN(C)CC4)ncc3C2)n1. The molecule has 1 amide bonds. The third-order valence-corrected chi connectivity index (χ3v) is 6.00. The fraction of sp³-hybridized carbons (Fsp3) is 0.619. The van der Waals surface area contributed by atoms with E-state index < -0.39 is 0 Å². The maximum absolute atomic E-state index is 12.9. The first-order valence-electron chi connectivity index (χ1n) is 10.3. The smallest absolute Gasteiger partial charge is 0.227 e. The van der Waals surface area contributed by atoms with E-state index in [1.165, 1.54) is 0 Å². The summed E-state index contributed by atoms with van der Waals surface area (Å²) in [7, 11) is 2.17. The number of likely N-dealkylation sites (tertiary alicyclic amines) is 1. The molecule has 1 saturated heterocycles. The average Bonchev–Trinajstić information content (AvgIpc) is 3.11. The summed E-state index contributed by atoms with van der Waals surface area (Å²) in [6.07, 6.45) is 6.96. The van der Waals surface area contributed by atoms with Crippen LogP contribution in [0.2, 0.25) is 0 Å². The first kappa shape index (κ1) is 19.1. The van der Waals surface area contributed by atoms with Crippen molar-refractivity contribution in [2.45, 2.75) is 52.1 Å². The fourth-order valence-electron chi connectivity index (χ4n) is 4.22. The molecule has 4 heterocycles. The number of nitrogens with zero attached hydrogens (tertiary/aromatic N) is 6. The van der Waals surface area contributed by atoms with Crippen LogP contribution in [0.25, 0.3) is 0 Å². The molecular formula is C21H30N6O. The Kier molecular flexibility index (Phi) is 5.44. The van der Waals surface area contributed by atoms with Gasteiger partial charge in [-0.1, -0.05) is 6.92 Å². The fourth-order valence-corrected chi connectivity index (χ4v) is 4.22. The van der Waals surface area contributed by atoms with Gasteiger partial charge < -0.3 is 9.80 Å². The third-order valence-electron chi connectivity index (χ3n) is 6.00. The molecule has 1 unspecified atom stereocenters. The Hall–Kier alpha value is -2.28. The summed E-state index contributed by atoms with van der Waals surface area (Å²) in [6.45, 7) is 8.13. The molecule has 7 nitrogen and oxygen atoms in total. The standard InChI is InChI=1S/C21H30N6O/c1-15(13-27-11-4-16(2)24-27)21(28)26-10-7-19-18(14-26)12-22-20(23-19)17-5-8-25(3)9-6-17/h4,11-12,15,17H,5-10,13-14H2,1-3H3. The second-order valence-electron chi connectivity index (χ2n) is 8.37. The van der Waals surface area contributed by atoms with Crippen LogP contribution in [0, 0.1) is 12.8 Å². The van der Waals surface area contributed by atoms with Gasteiger partial charge in [0, 0.05) is 43.4 Å². The molecule has 28 heavy (non-hydrogen) atoms. The van der Waals surface area contributed by atoms with Gasteiger partial charge >= 0.3 is 0 Å². The molecule has 0 aromatic carbocycles. The summed E-state index contributed by atoms with van der Waals surface area (Å²) in [5.74, 6) is 1.55. The Balaban J connectivity index is 1.39. The highest BCUT2D eigenvalue weighted by Crippen LogP contribution is 2.27. The van der Waals surface area contributed by atoms with Crippen molar-refractivity contribution < 1.29 is 4.79 Å². The minimum Gasteiger partial charge on any atom is -0.338 e. The topological polar surface area (TPSA) is 67.2 Å². The summed E-state index contributed by atoms with van der Waals surface area (Å²) in [4.78, 5) is 26.8. The molecule has 2 aliphatic rings. The Labute approximate surface area is 166 Å². The lowest BCUT2D eigenvalue weighted by atomic mass is 9.95. The van der Waals surface area contributed by atoms with Crippen molar-refractivity contribution in [2.75, 3.05) is 26.7 Å². The molecule has 0 bridgehead atoms. The normalized spacial score (nSPS) is 19.5. The zero-order chi connectivity index (χ0) is 19.7. The maximum atomic E-state index is 12.9. The Morgan fingerprint density at radius 1 is 1.29 bits per heavy atom. The molecule has 0 radical (unpaired) electrons. The highest BCUT2D eigenvalue weighted by atomic mass is 16.2. The van der Waals surface area contributed by atoms with Gasteiger partial charge in [0.25, 0.3) is 0 Å². The second-order valence-corrected chi connectivity index (χ2v) is 8.37. The van der Waals surface area contributed by atoms with Crippen molar-refractivity contribution in [1.29, 1.82) is 0 Å². The van der Waals surface area contributed by atoms with E-state index in [1.54, 1.807) is 0 Å². The molecule has 7 heteroatoms. The number of fused-ring (bicyclic) bond motifs is 1. The Morgan fingerprint density at radius 3 is 2.79 bits per heavy atom. The molecule has 2 aromatic heterocycles. The molecule has 4 rings (SSSR count). The molecular weight excluding hydrogens is 352 g/mol. The molecule has 1 atom stereocenters. The van der Waals surface area contributed by atoms with E-state index in [-0.39, 0.29) is 11.8 Å². The van der Waals surface area contributed by atoms with Gasteiger partial charge in [0.1, 0.15) is 5.82 Å². The highest BCUT2D eigenvalue weighted by Gasteiger charge is 2.27. The molecule has 0 aliphatic carbocycles.